The van der Waals surface area contributed by atoms with Gasteiger partial charge in [-0.15, -0.1) is 0 Å². The van der Waals surface area contributed by atoms with Crippen LogP contribution in [0, 0.1) is 0 Å². The maximum atomic E-state index is 11.6. The van der Waals surface area contributed by atoms with Crippen LogP contribution in [0.2, 0.25) is 0 Å². The van der Waals surface area contributed by atoms with E-state index in [0.717, 1.165) is 12.8 Å². The second-order valence-corrected chi connectivity index (χ2v) is 4.49. The van der Waals surface area contributed by atoms with Gasteiger partial charge in [-0.25, -0.2) is 9.59 Å². The lowest BCUT2D eigenvalue weighted by atomic mass is 10.2. The van der Waals surface area contributed by atoms with Gasteiger partial charge in [-0.3, -0.25) is 10.1 Å². The van der Waals surface area contributed by atoms with Crippen molar-refractivity contribution in [1.82, 2.24) is 10.6 Å². The Balaban J connectivity index is 1.73. The first-order valence-electron chi connectivity index (χ1n) is 6.17. The average Bonchev–Trinajstić information content (AvgIpc) is 3.20. The van der Waals surface area contributed by atoms with Gasteiger partial charge < -0.3 is 15.8 Å². The maximum Gasteiger partial charge on any atom is 0.338 e. The molecule has 0 spiro atoms. The molecule has 0 heterocycles. The molecule has 0 aliphatic heterocycles. The number of hydrogen-bond acceptors (Lipinski definition) is 5. The Morgan fingerprint density at radius 3 is 2.45 bits per heavy atom. The van der Waals surface area contributed by atoms with Crippen LogP contribution >= 0.6 is 0 Å². The number of nitrogen functional groups attached to an aromatic ring is 1. The first kappa shape index (κ1) is 13.9. The minimum atomic E-state index is -0.674. The molecule has 1 aromatic carbocycles. The standard InChI is InChI=1S/C13H15N3O4/c14-9-3-1-8(2-4-9)12(18)20-7-11(17)16-13(19)15-10-5-6-10/h1-4,10H,5-7,14H2,(H2,15,16,17,19). The molecule has 3 amide bonds. The fourth-order valence-electron chi connectivity index (χ4n) is 1.45. The van der Waals surface area contributed by atoms with Gasteiger partial charge in [0.15, 0.2) is 6.61 Å². The SMILES string of the molecule is Nc1ccc(C(=O)OCC(=O)NC(=O)NC2CC2)cc1. The molecule has 7 heteroatoms. The normalized spacial score (nSPS) is 13.4. The molecule has 4 N–H and O–H groups in total. The van der Waals surface area contributed by atoms with E-state index in [2.05, 4.69) is 10.6 Å². The number of urea groups is 1. The van der Waals surface area contributed by atoms with E-state index in [1.54, 1.807) is 12.1 Å². The summed E-state index contributed by atoms with van der Waals surface area (Å²) in [7, 11) is 0. The molecule has 0 bridgehead atoms. The molecule has 0 aromatic heterocycles. The maximum absolute atomic E-state index is 11.6. The Morgan fingerprint density at radius 1 is 1.20 bits per heavy atom. The zero-order chi connectivity index (χ0) is 14.5. The van der Waals surface area contributed by atoms with Crippen molar-refractivity contribution in [3.63, 3.8) is 0 Å². The number of anilines is 1. The second kappa shape index (κ2) is 6.05. The quantitative estimate of drug-likeness (QED) is 0.545. The van der Waals surface area contributed by atoms with Gasteiger partial charge in [-0.1, -0.05) is 0 Å². The van der Waals surface area contributed by atoms with Crippen LogP contribution < -0.4 is 16.4 Å². The molecule has 106 valence electrons. The van der Waals surface area contributed by atoms with Crippen molar-refractivity contribution in [3.8, 4) is 0 Å². The van der Waals surface area contributed by atoms with E-state index in [1.165, 1.54) is 12.1 Å². The minimum Gasteiger partial charge on any atom is -0.452 e. The van der Waals surface area contributed by atoms with Gasteiger partial charge in [0.1, 0.15) is 0 Å². The lowest BCUT2D eigenvalue weighted by molar-refractivity contribution is -0.123. The van der Waals surface area contributed by atoms with E-state index in [1.807, 2.05) is 0 Å². The third-order valence-electron chi connectivity index (χ3n) is 2.65. The summed E-state index contributed by atoms with van der Waals surface area (Å²) in [5.41, 5.74) is 6.30. The van der Waals surface area contributed by atoms with Crippen LogP contribution in [0.1, 0.15) is 23.2 Å². The van der Waals surface area contributed by atoms with Crippen LogP contribution in [-0.4, -0.2) is 30.6 Å². The Labute approximate surface area is 115 Å². The summed E-state index contributed by atoms with van der Waals surface area (Å²) in [6.07, 6.45) is 1.85. The average molecular weight is 277 g/mol. The summed E-state index contributed by atoms with van der Waals surface area (Å²) >= 11 is 0. The van der Waals surface area contributed by atoms with Gasteiger partial charge in [-0.05, 0) is 37.1 Å². The van der Waals surface area contributed by atoms with E-state index < -0.39 is 24.5 Å². The molecule has 20 heavy (non-hydrogen) atoms. The molecule has 1 aliphatic rings. The molecule has 0 saturated heterocycles. The van der Waals surface area contributed by atoms with Crippen molar-refractivity contribution in [1.29, 1.82) is 0 Å². The molecule has 0 radical (unpaired) electrons. The second-order valence-electron chi connectivity index (χ2n) is 4.49. The predicted octanol–water partition coefficient (Wildman–Crippen LogP) is 0.414. The molecule has 1 fully saturated rings. The highest BCUT2D eigenvalue weighted by Gasteiger charge is 2.24. The third-order valence-corrected chi connectivity index (χ3v) is 2.65. The van der Waals surface area contributed by atoms with Crippen LogP contribution in [0.25, 0.3) is 0 Å². The van der Waals surface area contributed by atoms with E-state index in [9.17, 15) is 14.4 Å². The molecule has 1 aromatic rings. The minimum absolute atomic E-state index is 0.153. The number of nitrogens with one attached hydrogen (secondary N) is 2. The summed E-state index contributed by atoms with van der Waals surface area (Å²) < 4.78 is 4.78. The number of esters is 1. The van der Waals surface area contributed by atoms with Crippen LogP contribution in [-0.2, 0) is 9.53 Å². The van der Waals surface area contributed by atoms with Crippen molar-refractivity contribution in [2.24, 2.45) is 0 Å². The summed E-state index contributed by atoms with van der Waals surface area (Å²) in [4.78, 5) is 34.2. The number of imide groups is 1. The molecular formula is C13H15N3O4. The van der Waals surface area contributed by atoms with E-state index in [-0.39, 0.29) is 11.6 Å². The first-order chi connectivity index (χ1) is 9.54. The van der Waals surface area contributed by atoms with Gasteiger partial charge >= 0.3 is 12.0 Å². The monoisotopic (exact) mass is 277 g/mol. The van der Waals surface area contributed by atoms with E-state index in [0.29, 0.717) is 5.69 Å². The summed E-state index contributed by atoms with van der Waals surface area (Å²) in [6, 6.07) is 5.69. The molecule has 1 saturated carbocycles. The molecule has 0 atom stereocenters. The molecular weight excluding hydrogens is 262 g/mol. The number of carbonyl (C=O) groups excluding carboxylic acids is 3. The van der Waals surface area contributed by atoms with Gasteiger partial charge in [0.2, 0.25) is 0 Å². The molecule has 7 nitrogen and oxygen atoms in total. The number of carbonyl (C=O) groups is 3. The Morgan fingerprint density at radius 2 is 1.85 bits per heavy atom. The smallest absolute Gasteiger partial charge is 0.338 e. The molecule has 2 rings (SSSR count). The van der Waals surface area contributed by atoms with E-state index in [4.69, 9.17) is 10.5 Å². The first-order valence-corrected chi connectivity index (χ1v) is 6.17. The van der Waals surface area contributed by atoms with Crippen molar-refractivity contribution in [2.75, 3.05) is 12.3 Å². The molecule has 1 aliphatic carbocycles. The Kier molecular flexibility index (Phi) is 4.19. The number of rotatable bonds is 4. The topological polar surface area (TPSA) is 111 Å². The lowest BCUT2D eigenvalue weighted by Crippen LogP contribution is -2.42. The highest BCUT2D eigenvalue weighted by Crippen LogP contribution is 2.18. The Bertz CT molecular complexity index is 523. The van der Waals surface area contributed by atoms with Gasteiger partial charge in [0.05, 0.1) is 5.56 Å². The van der Waals surface area contributed by atoms with Crippen molar-refractivity contribution in [3.05, 3.63) is 29.8 Å². The lowest BCUT2D eigenvalue weighted by Gasteiger charge is -2.06. The number of nitrogens with two attached hydrogens (primary N) is 1. The van der Waals surface area contributed by atoms with Crippen LogP contribution in [0.4, 0.5) is 10.5 Å². The van der Waals surface area contributed by atoms with Crippen molar-refractivity contribution < 1.29 is 19.1 Å². The van der Waals surface area contributed by atoms with Crippen LogP contribution in [0.5, 0.6) is 0 Å². The highest BCUT2D eigenvalue weighted by molar-refractivity contribution is 5.97. The number of ether oxygens (including phenoxy) is 1. The van der Waals surface area contributed by atoms with Crippen LogP contribution in [0.15, 0.2) is 24.3 Å². The number of benzene rings is 1. The summed E-state index contributed by atoms with van der Waals surface area (Å²) in [6.45, 7) is -0.513. The van der Waals surface area contributed by atoms with Gasteiger partial charge in [0, 0.05) is 11.7 Å². The van der Waals surface area contributed by atoms with Crippen molar-refractivity contribution in [2.45, 2.75) is 18.9 Å². The molecule has 0 unspecified atom stereocenters. The number of hydrogen-bond donors (Lipinski definition) is 3. The third kappa shape index (κ3) is 4.27. The van der Waals surface area contributed by atoms with Crippen LogP contribution in [0.3, 0.4) is 0 Å². The Hall–Kier alpha value is -2.57. The van der Waals surface area contributed by atoms with E-state index >= 15 is 0 Å². The largest absolute Gasteiger partial charge is 0.452 e. The van der Waals surface area contributed by atoms with Crippen molar-refractivity contribution >= 4 is 23.6 Å². The summed E-state index contributed by atoms with van der Waals surface area (Å²) in [5.74, 6) is -1.32. The fraction of sp³-hybridized carbons (Fsp3) is 0.308. The fourth-order valence-corrected chi connectivity index (χ4v) is 1.45. The number of amides is 3. The predicted molar refractivity (Wildman–Crippen MR) is 70.8 cm³/mol. The summed E-state index contributed by atoms with van der Waals surface area (Å²) in [5, 5.41) is 4.67. The zero-order valence-corrected chi connectivity index (χ0v) is 10.7. The zero-order valence-electron chi connectivity index (χ0n) is 10.7. The highest BCUT2D eigenvalue weighted by atomic mass is 16.5. The van der Waals surface area contributed by atoms with Gasteiger partial charge in [-0.2, -0.15) is 0 Å². The van der Waals surface area contributed by atoms with Gasteiger partial charge in [0.25, 0.3) is 5.91 Å².